The number of halogens is 2. The Balaban J connectivity index is 1.85. The summed E-state index contributed by atoms with van der Waals surface area (Å²) in [6.07, 6.45) is 0.760. The summed E-state index contributed by atoms with van der Waals surface area (Å²) in [7, 11) is 3.54. The molecule has 1 N–H and O–H groups in total. The number of amides is 1. The van der Waals surface area contributed by atoms with Crippen LogP contribution in [-0.4, -0.2) is 42.6 Å². The topological polar surface area (TPSA) is 63.6 Å². The van der Waals surface area contributed by atoms with Crippen molar-refractivity contribution in [3.8, 4) is 5.75 Å². The molecule has 3 rings (SSSR count). The molecule has 0 aliphatic heterocycles. The van der Waals surface area contributed by atoms with Crippen LogP contribution in [-0.2, 0) is 13.1 Å². The van der Waals surface area contributed by atoms with Crippen molar-refractivity contribution in [2.24, 2.45) is 5.41 Å². The molecule has 6 nitrogen and oxygen atoms in total. The first kappa shape index (κ1) is 27.1. The Morgan fingerprint density at radius 3 is 2.31 bits per heavy atom. The van der Waals surface area contributed by atoms with E-state index in [1.165, 1.54) is 23.3 Å². The molecular weight excluding hydrogens is 485 g/mol. The van der Waals surface area contributed by atoms with Crippen molar-refractivity contribution in [1.29, 1.82) is 0 Å². The van der Waals surface area contributed by atoms with Gasteiger partial charge in [0.05, 0.1) is 22.5 Å². The quantitative estimate of drug-likeness (QED) is 0.374. The Kier molecular flexibility index (Phi) is 8.86. The van der Waals surface area contributed by atoms with Crippen LogP contribution < -0.4 is 15.6 Å². The summed E-state index contributed by atoms with van der Waals surface area (Å²) in [6, 6.07) is 13.4. The molecule has 0 spiro atoms. The van der Waals surface area contributed by atoms with Gasteiger partial charge in [0.1, 0.15) is 0 Å². The lowest BCUT2D eigenvalue weighted by Gasteiger charge is -2.25. The third kappa shape index (κ3) is 6.78. The highest BCUT2D eigenvalue weighted by atomic mass is 35.5. The zero-order valence-corrected chi connectivity index (χ0v) is 22.5. The van der Waals surface area contributed by atoms with E-state index >= 15 is 0 Å². The molecule has 1 amide bonds. The number of benzene rings is 2. The van der Waals surface area contributed by atoms with Gasteiger partial charge in [-0.2, -0.15) is 0 Å². The van der Waals surface area contributed by atoms with E-state index in [-0.39, 0.29) is 27.6 Å². The van der Waals surface area contributed by atoms with Crippen LogP contribution in [0.25, 0.3) is 10.8 Å². The van der Waals surface area contributed by atoms with Crippen LogP contribution in [0.15, 0.2) is 47.3 Å². The fraction of sp³-hybridized carbons (Fsp3) is 0.407. The summed E-state index contributed by atoms with van der Waals surface area (Å²) in [4.78, 5) is 29.1. The Labute approximate surface area is 216 Å². The van der Waals surface area contributed by atoms with Crippen LogP contribution >= 0.6 is 23.2 Å². The number of carbonyl (C=O) groups is 1. The van der Waals surface area contributed by atoms with Crippen molar-refractivity contribution in [2.45, 2.75) is 40.3 Å². The zero-order chi connectivity index (χ0) is 25.8. The van der Waals surface area contributed by atoms with Crippen LogP contribution in [0.3, 0.4) is 0 Å². The molecule has 0 saturated carbocycles. The average Bonchev–Trinajstić information content (AvgIpc) is 2.79. The lowest BCUT2D eigenvalue weighted by atomic mass is 9.96. The molecule has 0 fully saturated rings. The van der Waals surface area contributed by atoms with Crippen LogP contribution in [0.4, 0.5) is 0 Å². The number of rotatable bonds is 9. The molecule has 0 saturated heterocycles. The SMILES string of the molecule is COc1c(C(=O)NCCCN(C)Cc2ccccc2)n(CC(C)(C)C)c(=O)c2cc(Cl)c(Cl)cc12. The Morgan fingerprint density at radius 2 is 1.71 bits per heavy atom. The van der Waals surface area contributed by atoms with Gasteiger partial charge in [-0.1, -0.05) is 74.3 Å². The van der Waals surface area contributed by atoms with Gasteiger partial charge in [-0.3, -0.25) is 14.2 Å². The van der Waals surface area contributed by atoms with Gasteiger partial charge >= 0.3 is 0 Å². The number of aromatic nitrogens is 1. The van der Waals surface area contributed by atoms with E-state index < -0.39 is 0 Å². The zero-order valence-electron chi connectivity index (χ0n) is 21.0. The molecule has 3 aromatic rings. The summed E-state index contributed by atoms with van der Waals surface area (Å²) in [5, 5.41) is 4.36. The molecule has 0 atom stereocenters. The molecule has 0 unspecified atom stereocenters. The maximum Gasteiger partial charge on any atom is 0.271 e. The van der Waals surface area contributed by atoms with E-state index in [1.807, 2.05) is 39.0 Å². The van der Waals surface area contributed by atoms with Crippen LogP contribution in [0.1, 0.15) is 43.2 Å². The molecule has 0 radical (unpaired) electrons. The first-order valence-electron chi connectivity index (χ1n) is 11.6. The van der Waals surface area contributed by atoms with Crippen molar-refractivity contribution >= 4 is 39.9 Å². The molecule has 1 aromatic heterocycles. The first-order valence-corrected chi connectivity index (χ1v) is 12.4. The fourth-order valence-corrected chi connectivity index (χ4v) is 4.40. The van der Waals surface area contributed by atoms with Crippen molar-refractivity contribution in [3.05, 3.63) is 74.1 Å². The second kappa shape index (κ2) is 11.5. The summed E-state index contributed by atoms with van der Waals surface area (Å²) >= 11 is 12.4. The Bertz CT molecular complexity index is 1250. The minimum Gasteiger partial charge on any atom is -0.494 e. The molecule has 0 bridgehead atoms. The number of hydrogen-bond acceptors (Lipinski definition) is 4. The molecule has 0 aliphatic carbocycles. The van der Waals surface area contributed by atoms with Gasteiger partial charge in [0, 0.05) is 25.0 Å². The maximum absolute atomic E-state index is 13.5. The fourth-order valence-electron chi connectivity index (χ4n) is 4.08. The number of ether oxygens (including phenoxy) is 1. The van der Waals surface area contributed by atoms with Crippen LogP contribution in [0, 0.1) is 5.41 Å². The summed E-state index contributed by atoms with van der Waals surface area (Å²) in [5.41, 5.74) is 0.872. The van der Waals surface area contributed by atoms with E-state index in [9.17, 15) is 9.59 Å². The number of pyridine rings is 1. The molecular formula is C27H33Cl2N3O3. The predicted molar refractivity (Wildman–Crippen MR) is 144 cm³/mol. The number of methoxy groups -OCH3 is 1. The predicted octanol–water partition coefficient (Wildman–Crippen LogP) is 5.61. The third-order valence-electron chi connectivity index (χ3n) is 5.61. The minimum atomic E-state index is -0.359. The minimum absolute atomic E-state index is 0.191. The third-order valence-corrected chi connectivity index (χ3v) is 6.34. The van der Waals surface area contributed by atoms with Gasteiger partial charge in [0.15, 0.2) is 11.4 Å². The molecule has 0 aliphatic rings. The molecule has 1 heterocycles. The molecule has 35 heavy (non-hydrogen) atoms. The van der Waals surface area contributed by atoms with E-state index in [4.69, 9.17) is 27.9 Å². The Morgan fingerprint density at radius 1 is 1.09 bits per heavy atom. The summed E-state index contributed by atoms with van der Waals surface area (Å²) in [6.45, 7) is 8.47. The highest BCUT2D eigenvalue weighted by Crippen LogP contribution is 2.34. The highest BCUT2D eigenvalue weighted by molar-refractivity contribution is 6.42. The lowest BCUT2D eigenvalue weighted by Crippen LogP contribution is -2.36. The lowest BCUT2D eigenvalue weighted by molar-refractivity contribution is 0.0935. The highest BCUT2D eigenvalue weighted by Gasteiger charge is 2.26. The Hall–Kier alpha value is -2.54. The number of carbonyl (C=O) groups excluding carboxylic acids is 1. The standard InChI is InChI=1S/C27H33Cl2N3O3/c1-27(2,3)17-32-23(24(35-5)19-14-21(28)22(29)15-20(19)26(32)34)25(33)30-12-9-13-31(4)16-18-10-7-6-8-11-18/h6-8,10-11,14-15H,9,12-13,16-17H2,1-5H3,(H,30,33). The van der Waals surface area contributed by atoms with Crippen molar-refractivity contribution in [2.75, 3.05) is 27.2 Å². The van der Waals surface area contributed by atoms with Crippen LogP contribution in [0.2, 0.25) is 10.0 Å². The molecule has 8 heteroatoms. The first-order chi connectivity index (χ1) is 16.5. The van der Waals surface area contributed by atoms with Gasteiger partial charge in [0.25, 0.3) is 11.5 Å². The second-order valence-electron chi connectivity index (χ2n) is 9.98. The second-order valence-corrected chi connectivity index (χ2v) is 10.8. The monoisotopic (exact) mass is 517 g/mol. The summed E-state index contributed by atoms with van der Waals surface area (Å²) in [5.74, 6) is -0.0528. The van der Waals surface area contributed by atoms with Gasteiger partial charge in [0.2, 0.25) is 0 Å². The van der Waals surface area contributed by atoms with Crippen molar-refractivity contribution in [1.82, 2.24) is 14.8 Å². The largest absolute Gasteiger partial charge is 0.494 e. The molecule has 188 valence electrons. The van der Waals surface area contributed by atoms with E-state index in [2.05, 4.69) is 29.4 Å². The van der Waals surface area contributed by atoms with Crippen molar-refractivity contribution in [3.63, 3.8) is 0 Å². The van der Waals surface area contributed by atoms with Gasteiger partial charge in [-0.05, 0) is 43.1 Å². The van der Waals surface area contributed by atoms with Gasteiger partial charge < -0.3 is 15.0 Å². The normalized spacial score (nSPS) is 11.8. The smallest absolute Gasteiger partial charge is 0.271 e. The van der Waals surface area contributed by atoms with Crippen LogP contribution in [0.5, 0.6) is 5.75 Å². The number of nitrogens with one attached hydrogen (secondary N) is 1. The number of fused-ring (bicyclic) bond motifs is 1. The average molecular weight is 518 g/mol. The van der Waals surface area contributed by atoms with Crippen molar-refractivity contribution < 1.29 is 9.53 Å². The van der Waals surface area contributed by atoms with Gasteiger partial charge in [-0.15, -0.1) is 0 Å². The number of nitrogens with zero attached hydrogens (tertiary/aromatic N) is 2. The van der Waals surface area contributed by atoms with E-state index in [0.717, 1.165) is 19.5 Å². The number of hydrogen-bond donors (Lipinski definition) is 1. The van der Waals surface area contributed by atoms with Gasteiger partial charge in [-0.25, -0.2) is 0 Å². The maximum atomic E-state index is 13.5. The van der Waals surface area contributed by atoms with E-state index in [1.54, 1.807) is 6.07 Å². The van der Waals surface area contributed by atoms with E-state index in [0.29, 0.717) is 34.6 Å². The summed E-state index contributed by atoms with van der Waals surface area (Å²) < 4.78 is 7.15. The molecule has 2 aromatic carbocycles.